The molecule has 0 saturated carbocycles. The molecule has 1 aromatic carbocycles. The van der Waals surface area contributed by atoms with Gasteiger partial charge in [-0.1, -0.05) is 23.5 Å². The van der Waals surface area contributed by atoms with Crippen molar-refractivity contribution >= 4 is 44.3 Å². The first-order chi connectivity index (χ1) is 13.9. The Morgan fingerprint density at radius 3 is 2.62 bits per heavy atom. The van der Waals surface area contributed by atoms with Crippen molar-refractivity contribution in [1.29, 1.82) is 0 Å². The van der Waals surface area contributed by atoms with Crippen LogP contribution in [0.1, 0.15) is 13.3 Å². The zero-order valence-electron chi connectivity index (χ0n) is 16.2. The number of nitrogens with two attached hydrogens (primary N) is 1. The topological polar surface area (TPSA) is 115 Å². The van der Waals surface area contributed by atoms with E-state index in [-0.39, 0.29) is 10.7 Å². The average molecular weight is 418 g/mol. The first kappa shape index (κ1) is 20.9. The van der Waals surface area contributed by atoms with E-state index >= 15 is 0 Å². The number of fused-ring (bicyclic) bond motifs is 1. The van der Waals surface area contributed by atoms with Crippen molar-refractivity contribution in [2.45, 2.75) is 13.3 Å². The van der Waals surface area contributed by atoms with Crippen LogP contribution in [-0.4, -0.2) is 61.0 Å². The predicted molar refractivity (Wildman–Crippen MR) is 108 cm³/mol. The minimum atomic E-state index is -0.723. The number of aromatic nitrogens is 1. The van der Waals surface area contributed by atoms with Gasteiger partial charge in [0.1, 0.15) is 12.0 Å². The molecule has 1 amide bonds. The number of nitrogens with zero attached hydrogens (tertiary/aromatic N) is 3. The van der Waals surface area contributed by atoms with Gasteiger partial charge in [-0.15, -0.1) is 0 Å². The number of carbonyl (C=O) groups excluding carboxylic acids is 3. The van der Waals surface area contributed by atoms with Gasteiger partial charge in [-0.25, -0.2) is 15.8 Å². The largest absolute Gasteiger partial charge is 0.469 e. The number of hydrazine groups is 1. The molecule has 1 aromatic heterocycles. The van der Waals surface area contributed by atoms with Gasteiger partial charge in [0.25, 0.3) is 5.91 Å². The third kappa shape index (κ3) is 4.61. The fraction of sp³-hybridized carbons (Fsp3) is 0.368. The van der Waals surface area contributed by atoms with Crippen molar-refractivity contribution in [3.63, 3.8) is 0 Å². The summed E-state index contributed by atoms with van der Waals surface area (Å²) in [4.78, 5) is 43.9. The summed E-state index contributed by atoms with van der Waals surface area (Å²) in [6, 6.07) is 7.38. The van der Waals surface area contributed by atoms with Crippen LogP contribution < -0.4 is 10.9 Å². The van der Waals surface area contributed by atoms with Crippen molar-refractivity contribution in [3.8, 4) is 0 Å². The smallest absolute Gasteiger partial charge is 0.313 e. The molecule has 2 heterocycles. The van der Waals surface area contributed by atoms with Crippen molar-refractivity contribution in [2.75, 3.05) is 38.4 Å². The summed E-state index contributed by atoms with van der Waals surface area (Å²) in [6.07, 6.45) is -0.549. The molecule has 1 saturated heterocycles. The van der Waals surface area contributed by atoms with Crippen LogP contribution in [0.3, 0.4) is 0 Å². The zero-order valence-corrected chi connectivity index (χ0v) is 17.0. The summed E-state index contributed by atoms with van der Waals surface area (Å²) in [7, 11) is 1.19. The number of allylic oxidation sites excluding steroid dienone is 1. The first-order valence-corrected chi connectivity index (χ1v) is 9.82. The Balaban J connectivity index is 1.95. The SMILES string of the molecule is COC(=O)CC(=O)/C(C(=O)N(N)c1nc2ccccc2s1)=C(\C)N1CCOCC1. The molecule has 0 aliphatic carbocycles. The van der Waals surface area contributed by atoms with Crippen LogP contribution in [0.25, 0.3) is 10.2 Å². The lowest BCUT2D eigenvalue weighted by molar-refractivity contribution is -0.142. The van der Waals surface area contributed by atoms with Crippen LogP contribution in [0.15, 0.2) is 35.5 Å². The molecule has 3 rings (SSSR count). The van der Waals surface area contributed by atoms with Gasteiger partial charge in [-0.3, -0.25) is 14.4 Å². The monoisotopic (exact) mass is 418 g/mol. The fourth-order valence-corrected chi connectivity index (χ4v) is 3.88. The number of morpholine rings is 1. The van der Waals surface area contributed by atoms with E-state index in [1.807, 2.05) is 29.2 Å². The molecule has 29 heavy (non-hydrogen) atoms. The number of thiazole rings is 1. The van der Waals surface area contributed by atoms with Gasteiger partial charge >= 0.3 is 5.97 Å². The Labute approximate surface area is 171 Å². The van der Waals surface area contributed by atoms with Gasteiger partial charge in [0.05, 0.1) is 30.5 Å². The highest BCUT2D eigenvalue weighted by Gasteiger charge is 2.31. The van der Waals surface area contributed by atoms with E-state index in [9.17, 15) is 14.4 Å². The maximum absolute atomic E-state index is 13.2. The first-order valence-electron chi connectivity index (χ1n) is 9.00. The van der Waals surface area contributed by atoms with Crippen LogP contribution in [-0.2, 0) is 23.9 Å². The summed E-state index contributed by atoms with van der Waals surface area (Å²) >= 11 is 1.24. The number of benzene rings is 1. The minimum absolute atomic E-state index is 0.154. The summed E-state index contributed by atoms with van der Waals surface area (Å²) in [5, 5.41) is 1.12. The van der Waals surface area contributed by atoms with Gasteiger partial charge in [0.15, 0.2) is 5.78 Å². The number of rotatable bonds is 6. The van der Waals surface area contributed by atoms with E-state index in [2.05, 4.69) is 9.72 Å². The third-order valence-electron chi connectivity index (χ3n) is 4.58. The standard InChI is InChI=1S/C19H22N4O5S/c1-12(22-7-9-28-10-8-22)17(14(24)11-16(25)27-2)18(26)23(20)19-21-13-5-3-4-6-15(13)29-19/h3-6H,7-11,20H2,1-2H3/b17-12-. The number of carbonyl (C=O) groups is 3. The normalized spacial score (nSPS) is 15.1. The second kappa shape index (κ2) is 9.12. The Morgan fingerprint density at radius 1 is 1.28 bits per heavy atom. The number of hydrogen-bond acceptors (Lipinski definition) is 9. The lowest BCUT2D eigenvalue weighted by atomic mass is 10.0. The molecule has 0 unspecified atom stereocenters. The maximum Gasteiger partial charge on any atom is 0.313 e. The molecule has 1 aliphatic rings. The van der Waals surface area contributed by atoms with Crippen LogP contribution in [0.5, 0.6) is 0 Å². The van der Waals surface area contributed by atoms with Crippen molar-refractivity contribution in [1.82, 2.24) is 9.88 Å². The van der Waals surface area contributed by atoms with Gasteiger partial charge < -0.3 is 14.4 Å². The highest BCUT2D eigenvalue weighted by atomic mass is 32.1. The number of ketones is 1. The highest BCUT2D eigenvalue weighted by Crippen LogP contribution is 2.28. The maximum atomic E-state index is 13.2. The Bertz CT molecular complexity index is 931. The van der Waals surface area contributed by atoms with Crippen molar-refractivity contribution < 1.29 is 23.9 Å². The second-order valence-corrected chi connectivity index (χ2v) is 7.38. The summed E-state index contributed by atoms with van der Waals surface area (Å²) in [6.45, 7) is 3.68. The van der Waals surface area contributed by atoms with Gasteiger partial charge in [0.2, 0.25) is 5.13 Å². The van der Waals surface area contributed by atoms with E-state index in [0.29, 0.717) is 37.5 Å². The molecule has 0 spiro atoms. The van der Waals surface area contributed by atoms with E-state index < -0.39 is 24.1 Å². The number of methoxy groups -OCH3 is 1. The van der Waals surface area contributed by atoms with Crippen LogP contribution >= 0.6 is 11.3 Å². The van der Waals surface area contributed by atoms with E-state index in [0.717, 1.165) is 9.71 Å². The average Bonchev–Trinajstić information content (AvgIpc) is 3.17. The van der Waals surface area contributed by atoms with Crippen LogP contribution in [0.4, 0.5) is 5.13 Å². The number of esters is 1. The molecule has 9 nitrogen and oxygen atoms in total. The van der Waals surface area contributed by atoms with Gasteiger partial charge in [0, 0.05) is 18.8 Å². The van der Waals surface area contributed by atoms with Crippen molar-refractivity contribution in [2.24, 2.45) is 5.84 Å². The lowest BCUT2D eigenvalue weighted by Gasteiger charge is -2.31. The molecule has 2 aromatic rings. The molecule has 0 bridgehead atoms. The minimum Gasteiger partial charge on any atom is -0.469 e. The van der Waals surface area contributed by atoms with E-state index in [1.165, 1.54) is 18.4 Å². The number of amides is 1. The zero-order chi connectivity index (χ0) is 21.0. The number of para-hydroxylation sites is 1. The van der Waals surface area contributed by atoms with Crippen LogP contribution in [0, 0.1) is 0 Å². The van der Waals surface area contributed by atoms with Crippen molar-refractivity contribution in [3.05, 3.63) is 35.5 Å². The molecule has 0 atom stereocenters. The Morgan fingerprint density at radius 2 is 1.97 bits per heavy atom. The number of hydrogen-bond donors (Lipinski definition) is 1. The fourth-order valence-electron chi connectivity index (χ4n) is 2.99. The molecule has 0 radical (unpaired) electrons. The lowest BCUT2D eigenvalue weighted by Crippen LogP contribution is -2.43. The highest BCUT2D eigenvalue weighted by molar-refractivity contribution is 7.22. The second-order valence-electron chi connectivity index (χ2n) is 6.38. The number of Topliss-reactive ketones (excluding diaryl/α,β-unsaturated/α-hetero) is 1. The molecule has 10 heteroatoms. The molecular weight excluding hydrogens is 396 g/mol. The quantitative estimate of drug-likeness (QED) is 0.142. The predicted octanol–water partition coefficient (Wildman–Crippen LogP) is 1.24. The molecular formula is C19H22N4O5S. The molecule has 154 valence electrons. The Kier molecular flexibility index (Phi) is 6.57. The summed E-state index contributed by atoms with van der Waals surface area (Å²) < 4.78 is 10.8. The summed E-state index contributed by atoms with van der Waals surface area (Å²) in [5.74, 6) is 3.96. The van der Waals surface area contributed by atoms with E-state index in [1.54, 1.807) is 6.92 Å². The molecule has 2 N–H and O–H groups in total. The third-order valence-corrected chi connectivity index (χ3v) is 5.62. The number of anilines is 1. The summed E-state index contributed by atoms with van der Waals surface area (Å²) in [5.41, 5.74) is 0.995. The number of ether oxygens (including phenoxy) is 2. The van der Waals surface area contributed by atoms with E-state index in [4.69, 9.17) is 10.6 Å². The van der Waals surface area contributed by atoms with Gasteiger partial charge in [-0.05, 0) is 19.1 Å². The molecule has 1 fully saturated rings. The Hall–Kier alpha value is -2.82. The molecule has 1 aliphatic heterocycles. The van der Waals surface area contributed by atoms with Crippen LogP contribution in [0.2, 0.25) is 0 Å². The van der Waals surface area contributed by atoms with Gasteiger partial charge in [-0.2, -0.15) is 0 Å².